The van der Waals surface area contributed by atoms with Crippen LogP contribution in [0.4, 0.5) is 5.95 Å². The van der Waals surface area contributed by atoms with E-state index in [1.54, 1.807) is 19.9 Å². The van der Waals surface area contributed by atoms with Crippen molar-refractivity contribution in [3.05, 3.63) is 47.4 Å². The Labute approximate surface area is 455 Å². The standard InChI is InChI=1S/C45H60N12O17P2S2/c1-23(2)35(51-30(58)9-5-4-6-14-56-32(59)10-11-33(56)60)42(65)50-24(3)40(63)47-18-34(61)55-15-7-8-27(55)41(64)53-45-52-39-36(43(66)54-45)49-22-57(39)44-38-37(62)29(72-44)20-70-75(67,77)73-28-17-26(71-31-12-13-46-21-48-31)16-25(28)19-69-76(68,78)74-38/h10-13,21-29,35,37-38,44,62H,4-9,14-20H2,1-3H3,(H,47,63)(H,50,65)(H,51,58)(H,67,77)(H,68,78)(H2,52,53,54,64,66)/t24-,25+,26+,27+,28-,29+,35-,37+,38+,44+,75+,76+/m0/s1. The first-order chi connectivity index (χ1) is 37.1. The third kappa shape index (κ3) is 14.4. The van der Waals surface area contributed by atoms with Crippen LogP contribution in [-0.2, 0) is 65.5 Å². The fraction of sp³-hybridized carbons (Fsp3) is 0.600. The molecule has 7 heterocycles. The first kappa shape index (κ1) is 58.5. The van der Waals surface area contributed by atoms with E-state index in [1.165, 1.54) is 41.1 Å². The molecule has 1 saturated carbocycles. The van der Waals surface area contributed by atoms with Crippen molar-refractivity contribution >= 4 is 96.6 Å². The number of nitrogens with zero attached hydrogens (tertiary/aromatic N) is 7. The van der Waals surface area contributed by atoms with Gasteiger partial charge in [-0.3, -0.25) is 71.7 Å². The van der Waals surface area contributed by atoms with E-state index in [1.807, 2.05) is 0 Å². The molecule has 2 bridgehead atoms. The Hall–Kier alpha value is -5.62. The van der Waals surface area contributed by atoms with Crippen LogP contribution >= 0.6 is 38.1 Å². The van der Waals surface area contributed by atoms with Crippen LogP contribution in [0.15, 0.2) is 41.9 Å². The van der Waals surface area contributed by atoms with Gasteiger partial charge in [-0.15, -0.1) is 0 Å². The first-order valence-electron chi connectivity index (χ1n) is 25.1. The van der Waals surface area contributed by atoms with E-state index < -0.39 is 123 Å². The lowest BCUT2D eigenvalue weighted by atomic mass is 10.0. The van der Waals surface area contributed by atoms with Crippen LogP contribution in [0.1, 0.15) is 78.4 Å². The molecule has 4 fully saturated rings. The van der Waals surface area contributed by atoms with Crippen molar-refractivity contribution in [3.63, 3.8) is 0 Å². The maximum Gasteiger partial charge on any atom is 0.386 e. The van der Waals surface area contributed by atoms with Crippen LogP contribution in [0.25, 0.3) is 11.2 Å². The van der Waals surface area contributed by atoms with Crippen molar-refractivity contribution in [1.82, 2.24) is 55.2 Å². The van der Waals surface area contributed by atoms with Gasteiger partial charge in [-0.05, 0) is 44.9 Å². The zero-order valence-corrected chi connectivity index (χ0v) is 46.0. The molecule has 29 nitrogen and oxygen atoms in total. The zero-order chi connectivity index (χ0) is 56.1. The molecule has 0 aromatic carbocycles. The Morgan fingerprint density at radius 3 is 2.41 bits per heavy atom. The van der Waals surface area contributed by atoms with Crippen LogP contribution < -0.4 is 31.6 Å². The fourth-order valence-electron chi connectivity index (χ4n) is 9.55. The van der Waals surface area contributed by atoms with Gasteiger partial charge < -0.3 is 40.0 Å². The predicted octanol–water partition coefficient (Wildman–Crippen LogP) is 1.10. The molecule has 8 rings (SSSR count). The number of fused-ring (bicyclic) bond motifs is 4. The molecule has 3 aromatic heterocycles. The number of ether oxygens (including phenoxy) is 2. The van der Waals surface area contributed by atoms with Gasteiger partial charge >= 0.3 is 13.6 Å². The highest BCUT2D eigenvalue weighted by Crippen LogP contribution is 2.60. The molecule has 4 aliphatic heterocycles. The number of imidazole rings is 1. The van der Waals surface area contributed by atoms with Gasteiger partial charge in [0.1, 0.15) is 48.9 Å². The maximum absolute atomic E-state index is 13.9. The average Bonchev–Trinajstić information content (AvgIpc) is 4.29. The lowest BCUT2D eigenvalue weighted by Gasteiger charge is -2.26. The second-order valence-electron chi connectivity index (χ2n) is 19.5. The van der Waals surface area contributed by atoms with E-state index >= 15 is 0 Å². The number of aromatic amines is 1. The second-order valence-corrected chi connectivity index (χ2v) is 25.3. The van der Waals surface area contributed by atoms with Gasteiger partial charge in [-0.25, -0.2) is 24.1 Å². The number of H-pyrrole nitrogens is 1. The quantitative estimate of drug-likeness (QED) is 0.0382. The summed E-state index contributed by atoms with van der Waals surface area (Å²) in [7, 11) is 0. The number of aliphatic hydroxyl groups is 1. The summed E-state index contributed by atoms with van der Waals surface area (Å²) in [6, 6.07) is -1.64. The monoisotopic (exact) mass is 1170 g/mol. The summed E-state index contributed by atoms with van der Waals surface area (Å²) >= 11 is 8.38. The van der Waals surface area contributed by atoms with Crippen LogP contribution in [0.2, 0.25) is 0 Å². The molecule has 3 saturated heterocycles. The largest absolute Gasteiger partial charge is 0.474 e. The first-order valence-corrected chi connectivity index (χ1v) is 30.5. The number of aromatic nitrogens is 6. The van der Waals surface area contributed by atoms with Gasteiger partial charge in [-0.2, -0.15) is 4.98 Å². The summed E-state index contributed by atoms with van der Waals surface area (Å²) < 4.78 is 63.8. The van der Waals surface area contributed by atoms with Crippen molar-refractivity contribution in [2.24, 2.45) is 11.8 Å². The SMILES string of the molecule is CC(C)[C@H](NC(=O)CCCCCN1C(=O)C=CC1=O)C(=O)N[C@@H](C)C(=O)NCC(=O)N1CCC[C@@H]1C(=O)Nc1nc2c(ncn2[C@@H]2O[C@@H]3CO[P@@](=O)(S)O[C@H]4C[C@H](Oc5ccncn5)C[C@@H]4CO[P@@](=O)(S)O[C@@H]2[C@@H]3O)c(=O)[nH]1. The van der Waals surface area contributed by atoms with Crippen molar-refractivity contribution in [2.75, 3.05) is 38.2 Å². The summed E-state index contributed by atoms with van der Waals surface area (Å²) in [5.41, 5.74) is -1.27. The summed E-state index contributed by atoms with van der Waals surface area (Å²) in [4.78, 5) is 125. The van der Waals surface area contributed by atoms with Crippen molar-refractivity contribution in [1.29, 1.82) is 0 Å². The van der Waals surface area contributed by atoms with Gasteiger partial charge in [0.2, 0.25) is 41.4 Å². The Morgan fingerprint density at radius 1 is 0.936 bits per heavy atom. The molecule has 33 heteroatoms. The highest BCUT2D eigenvalue weighted by molar-refractivity contribution is 8.44. The van der Waals surface area contributed by atoms with E-state index in [4.69, 9.17) is 27.6 Å². The number of anilines is 1. The Balaban J connectivity index is 0.856. The predicted molar refractivity (Wildman–Crippen MR) is 277 cm³/mol. The number of amides is 7. The third-order valence-corrected chi connectivity index (χ3v) is 16.8. The summed E-state index contributed by atoms with van der Waals surface area (Å²) in [6.45, 7) is -4.77. The van der Waals surface area contributed by atoms with Gasteiger partial charge in [-0.1, -0.05) is 44.8 Å². The number of hydrogen-bond donors (Lipinski definition) is 8. The molecule has 1 aliphatic carbocycles. The second kappa shape index (κ2) is 25.2. The van der Waals surface area contributed by atoms with Gasteiger partial charge in [0.15, 0.2) is 17.4 Å². The van der Waals surface area contributed by atoms with E-state index in [0.717, 1.165) is 11.2 Å². The molecule has 6 N–H and O–H groups in total. The minimum absolute atomic E-state index is 0.0858. The summed E-state index contributed by atoms with van der Waals surface area (Å²) in [5, 5.41) is 21.8. The fourth-order valence-corrected chi connectivity index (χ4v) is 12.6. The summed E-state index contributed by atoms with van der Waals surface area (Å²) in [6.07, 6.45) is 1.66. The van der Waals surface area contributed by atoms with Gasteiger partial charge in [0.25, 0.3) is 17.4 Å². The van der Waals surface area contributed by atoms with Crippen LogP contribution in [0.5, 0.6) is 5.88 Å². The topological polar surface area (TPSA) is 373 Å². The average molecular weight is 1170 g/mol. The summed E-state index contributed by atoms with van der Waals surface area (Å²) in [5.74, 6) is -4.91. The number of nitrogens with one attached hydrogen (secondary N) is 5. The Bertz CT molecular complexity index is 2940. The number of carbonyl (C=O) groups excluding carboxylic acids is 7. The number of aliphatic hydroxyl groups excluding tert-OH is 1. The highest BCUT2D eigenvalue weighted by atomic mass is 32.7. The number of rotatable bonds is 18. The van der Waals surface area contributed by atoms with Gasteiger partial charge in [0.05, 0.1) is 32.2 Å². The molecule has 0 radical (unpaired) electrons. The molecular weight excluding hydrogens is 1110 g/mol. The van der Waals surface area contributed by atoms with Crippen molar-refractivity contribution < 1.29 is 75.4 Å². The smallest absolute Gasteiger partial charge is 0.386 e. The van der Waals surface area contributed by atoms with Crippen molar-refractivity contribution in [3.8, 4) is 5.88 Å². The number of imide groups is 1. The van der Waals surface area contributed by atoms with Crippen LogP contribution in [-0.4, -0.2) is 167 Å². The molecule has 5 aliphatic rings. The molecule has 0 spiro atoms. The number of unbranched alkanes of at least 4 members (excludes halogenated alkanes) is 2. The zero-order valence-electron chi connectivity index (χ0n) is 42.4. The number of likely N-dealkylation sites (tertiary alicyclic amines) is 1. The van der Waals surface area contributed by atoms with E-state index in [-0.39, 0.29) is 86.1 Å². The lowest BCUT2D eigenvalue weighted by molar-refractivity contribution is -0.137. The molecule has 78 heavy (non-hydrogen) atoms. The highest BCUT2D eigenvalue weighted by Gasteiger charge is 2.51. The maximum atomic E-state index is 13.9. The Kier molecular flexibility index (Phi) is 18.9. The molecule has 7 amide bonds. The number of thiol groups is 2. The minimum Gasteiger partial charge on any atom is -0.474 e. The minimum atomic E-state index is -4.38. The normalized spacial score (nSPS) is 29.1. The number of carbonyl (C=O) groups is 7. The van der Waals surface area contributed by atoms with Gasteiger partial charge in [0, 0.05) is 56.3 Å². The van der Waals surface area contributed by atoms with Crippen LogP contribution in [0.3, 0.4) is 0 Å². The number of hydrogen-bond acceptors (Lipinski definition) is 21. The molecular formula is C45H60N12O17P2S2. The Morgan fingerprint density at radius 2 is 1.68 bits per heavy atom. The van der Waals surface area contributed by atoms with E-state index in [9.17, 15) is 52.6 Å². The lowest BCUT2D eigenvalue weighted by Crippen LogP contribution is -2.55. The van der Waals surface area contributed by atoms with Crippen molar-refractivity contribution in [2.45, 2.75) is 127 Å². The van der Waals surface area contributed by atoms with E-state index in [2.05, 4.69) is 70.7 Å². The molecule has 3 aromatic rings. The van der Waals surface area contributed by atoms with E-state index in [0.29, 0.717) is 25.7 Å². The third-order valence-electron chi connectivity index (χ3n) is 13.6. The molecule has 0 unspecified atom stereocenters. The molecule has 12 atom stereocenters. The molecule has 424 valence electrons. The van der Waals surface area contributed by atoms with Crippen LogP contribution in [0, 0.1) is 11.8 Å².